The molecular weight excluding hydrogens is 262 g/mol. The highest BCUT2D eigenvalue weighted by molar-refractivity contribution is 7.99. The molecule has 0 fully saturated rings. The maximum Gasteiger partial charge on any atom is 0.221 e. The lowest BCUT2D eigenvalue weighted by atomic mass is 10.2. The van der Waals surface area contributed by atoms with Crippen LogP contribution in [0.3, 0.4) is 0 Å². The third-order valence-electron chi connectivity index (χ3n) is 2.45. The number of hydrogen-bond acceptors (Lipinski definition) is 5. The fourth-order valence-electron chi connectivity index (χ4n) is 1.42. The fraction of sp³-hybridized carbons (Fsp3) is 0.333. The molecule has 0 unspecified atom stereocenters. The molecule has 2 aromatic rings. The maximum absolute atomic E-state index is 11.6. The predicted molar refractivity (Wildman–Crippen MR) is 72.5 cm³/mol. The Hall–Kier alpha value is -1.89. The molecule has 0 aliphatic rings. The van der Waals surface area contributed by atoms with E-state index < -0.39 is 0 Å². The normalized spacial score (nSPS) is 10.4. The van der Waals surface area contributed by atoms with Crippen molar-refractivity contribution in [3.8, 4) is 0 Å². The van der Waals surface area contributed by atoms with Crippen LogP contribution in [0.25, 0.3) is 0 Å². The van der Waals surface area contributed by atoms with Gasteiger partial charge in [0, 0.05) is 17.1 Å². The molecule has 0 aliphatic carbocycles. The van der Waals surface area contributed by atoms with Gasteiger partial charge in [-0.05, 0) is 19.1 Å². The minimum absolute atomic E-state index is 0.00980. The van der Waals surface area contributed by atoms with Gasteiger partial charge >= 0.3 is 0 Å². The smallest absolute Gasteiger partial charge is 0.221 e. The summed E-state index contributed by atoms with van der Waals surface area (Å²) in [6.45, 7) is 2.37. The highest BCUT2D eigenvalue weighted by atomic mass is 32.2. The van der Waals surface area contributed by atoms with Crippen LogP contribution in [0.4, 0.5) is 0 Å². The monoisotopic (exact) mass is 277 g/mol. The molecule has 6 nitrogen and oxygen atoms in total. The number of carbonyl (C=O) groups excluding carboxylic acids is 1. The van der Waals surface area contributed by atoms with Gasteiger partial charge in [0.05, 0.1) is 6.54 Å². The van der Waals surface area contributed by atoms with Crippen molar-refractivity contribution in [1.29, 1.82) is 0 Å². The molecule has 1 aromatic carbocycles. The first kappa shape index (κ1) is 13.5. The number of nitrogens with zero attached hydrogens (tertiary/aromatic N) is 3. The summed E-state index contributed by atoms with van der Waals surface area (Å²) in [7, 11) is 0. The summed E-state index contributed by atoms with van der Waals surface area (Å²) in [4.78, 5) is 12.7. The summed E-state index contributed by atoms with van der Waals surface area (Å²) in [6, 6.07) is 8.27. The lowest BCUT2D eigenvalue weighted by Crippen LogP contribution is -2.23. The maximum atomic E-state index is 11.6. The van der Waals surface area contributed by atoms with Crippen molar-refractivity contribution < 1.29 is 4.79 Å². The van der Waals surface area contributed by atoms with Crippen LogP contribution in [0.5, 0.6) is 0 Å². The Bertz CT molecular complexity index is 511. The second-order valence-corrected chi connectivity index (χ2v) is 5.18. The first-order valence-electron chi connectivity index (χ1n) is 5.92. The van der Waals surface area contributed by atoms with Gasteiger partial charge in [-0.2, -0.15) is 5.21 Å². The SMILES string of the molecule is Cc1ccc(SCCC(=O)NCc2nn[nH]n2)cc1. The van der Waals surface area contributed by atoms with E-state index in [2.05, 4.69) is 57.1 Å². The van der Waals surface area contributed by atoms with Gasteiger partial charge in [0.15, 0.2) is 5.82 Å². The van der Waals surface area contributed by atoms with Crippen molar-refractivity contribution in [1.82, 2.24) is 25.9 Å². The molecule has 19 heavy (non-hydrogen) atoms. The van der Waals surface area contributed by atoms with Crippen LogP contribution in [0, 0.1) is 6.92 Å². The molecule has 1 aromatic heterocycles. The van der Waals surface area contributed by atoms with Gasteiger partial charge < -0.3 is 5.32 Å². The number of H-pyrrole nitrogens is 1. The van der Waals surface area contributed by atoms with Gasteiger partial charge in [-0.1, -0.05) is 22.9 Å². The molecule has 100 valence electrons. The van der Waals surface area contributed by atoms with E-state index in [-0.39, 0.29) is 5.91 Å². The minimum atomic E-state index is -0.00980. The number of amides is 1. The Labute approximate surface area is 115 Å². The van der Waals surface area contributed by atoms with Crippen molar-refractivity contribution in [2.45, 2.75) is 24.8 Å². The third-order valence-corrected chi connectivity index (χ3v) is 3.47. The molecule has 0 radical (unpaired) electrons. The third kappa shape index (κ3) is 4.70. The number of tetrazole rings is 1. The van der Waals surface area contributed by atoms with E-state index in [0.29, 0.717) is 18.8 Å². The quantitative estimate of drug-likeness (QED) is 0.778. The topological polar surface area (TPSA) is 83.6 Å². The van der Waals surface area contributed by atoms with Crippen molar-refractivity contribution in [2.24, 2.45) is 0 Å². The summed E-state index contributed by atoms with van der Waals surface area (Å²) in [5.41, 5.74) is 1.24. The molecule has 0 bridgehead atoms. The molecule has 2 N–H and O–H groups in total. The van der Waals surface area contributed by atoms with Gasteiger partial charge in [-0.15, -0.1) is 22.0 Å². The lowest BCUT2D eigenvalue weighted by Gasteiger charge is -2.03. The van der Waals surface area contributed by atoms with E-state index in [4.69, 9.17) is 0 Å². The molecule has 2 rings (SSSR count). The van der Waals surface area contributed by atoms with Gasteiger partial charge in [0.2, 0.25) is 5.91 Å². The largest absolute Gasteiger partial charge is 0.349 e. The highest BCUT2D eigenvalue weighted by Gasteiger charge is 2.04. The van der Waals surface area contributed by atoms with Crippen LogP contribution in [0.2, 0.25) is 0 Å². The molecule has 0 saturated carbocycles. The van der Waals surface area contributed by atoms with E-state index in [1.165, 1.54) is 10.5 Å². The molecule has 0 saturated heterocycles. The van der Waals surface area contributed by atoms with E-state index in [1.54, 1.807) is 11.8 Å². The summed E-state index contributed by atoms with van der Waals surface area (Å²) < 4.78 is 0. The molecule has 0 aliphatic heterocycles. The standard InChI is InChI=1S/C12H15N5OS/c1-9-2-4-10(5-3-9)19-7-6-12(18)13-8-11-14-16-17-15-11/h2-5H,6-8H2,1H3,(H,13,18)(H,14,15,16,17). The zero-order chi connectivity index (χ0) is 13.5. The molecule has 0 spiro atoms. The van der Waals surface area contributed by atoms with Crippen molar-refractivity contribution in [2.75, 3.05) is 5.75 Å². The van der Waals surface area contributed by atoms with Gasteiger partial charge in [0.1, 0.15) is 0 Å². The number of nitrogens with one attached hydrogen (secondary N) is 2. The molecule has 0 atom stereocenters. The van der Waals surface area contributed by atoms with Crippen LogP contribution in [0.1, 0.15) is 17.8 Å². The number of carbonyl (C=O) groups is 1. The lowest BCUT2D eigenvalue weighted by molar-refractivity contribution is -0.120. The molecular formula is C12H15N5OS. The number of rotatable bonds is 6. The number of hydrogen-bond donors (Lipinski definition) is 2. The number of thioether (sulfide) groups is 1. The van der Waals surface area contributed by atoms with Gasteiger partial charge in [0.25, 0.3) is 0 Å². The predicted octanol–water partition coefficient (Wildman–Crippen LogP) is 1.31. The zero-order valence-electron chi connectivity index (χ0n) is 10.6. The number of benzene rings is 1. The Kier molecular flexibility index (Phi) is 4.91. The summed E-state index contributed by atoms with van der Waals surface area (Å²) in [6.07, 6.45) is 0.469. The first-order chi connectivity index (χ1) is 9.24. The van der Waals surface area contributed by atoms with Gasteiger partial charge in [-0.3, -0.25) is 4.79 Å². The summed E-state index contributed by atoms with van der Waals surface area (Å²) in [5.74, 6) is 1.23. The molecule has 1 heterocycles. The van der Waals surface area contributed by atoms with Crippen molar-refractivity contribution in [3.63, 3.8) is 0 Å². The van der Waals surface area contributed by atoms with E-state index in [0.717, 1.165) is 5.75 Å². The number of aromatic nitrogens is 4. The first-order valence-corrected chi connectivity index (χ1v) is 6.91. The van der Waals surface area contributed by atoms with Crippen LogP contribution in [-0.4, -0.2) is 32.3 Å². The Morgan fingerprint density at radius 1 is 1.37 bits per heavy atom. The Morgan fingerprint density at radius 3 is 2.84 bits per heavy atom. The Balaban J connectivity index is 1.65. The zero-order valence-corrected chi connectivity index (χ0v) is 11.4. The van der Waals surface area contributed by atoms with Crippen LogP contribution in [-0.2, 0) is 11.3 Å². The van der Waals surface area contributed by atoms with E-state index in [9.17, 15) is 4.79 Å². The van der Waals surface area contributed by atoms with E-state index >= 15 is 0 Å². The van der Waals surface area contributed by atoms with Crippen molar-refractivity contribution >= 4 is 17.7 Å². The molecule has 7 heteroatoms. The number of aryl methyl sites for hydroxylation is 1. The van der Waals surface area contributed by atoms with Crippen molar-refractivity contribution in [3.05, 3.63) is 35.7 Å². The van der Waals surface area contributed by atoms with Crippen LogP contribution >= 0.6 is 11.8 Å². The average Bonchev–Trinajstić information content (AvgIpc) is 2.92. The minimum Gasteiger partial charge on any atom is -0.349 e. The summed E-state index contributed by atoms with van der Waals surface area (Å²) >= 11 is 1.67. The van der Waals surface area contributed by atoms with Crippen LogP contribution in [0.15, 0.2) is 29.2 Å². The second-order valence-electron chi connectivity index (χ2n) is 4.02. The molecule has 1 amide bonds. The second kappa shape index (κ2) is 6.89. The van der Waals surface area contributed by atoms with Gasteiger partial charge in [-0.25, -0.2) is 0 Å². The van der Waals surface area contributed by atoms with E-state index in [1.807, 2.05) is 0 Å². The number of aromatic amines is 1. The summed E-state index contributed by atoms with van der Waals surface area (Å²) in [5, 5.41) is 16.0. The Morgan fingerprint density at radius 2 is 2.16 bits per heavy atom. The highest BCUT2D eigenvalue weighted by Crippen LogP contribution is 2.18. The van der Waals surface area contributed by atoms with Crippen LogP contribution < -0.4 is 5.32 Å². The fourth-order valence-corrected chi connectivity index (χ4v) is 2.27. The average molecular weight is 277 g/mol.